The summed E-state index contributed by atoms with van der Waals surface area (Å²) in [7, 11) is 1.27. The second kappa shape index (κ2) is 12.1. The lowest BCUT2D eigenvalue weighted by molar-refractivity contribution is -0.139. The van der Waals surface area contributed by atoms with Gasteiger partial charge in [-0.3, -0.25) is 19.1 Å². The molecule has 176 valence electrons. The Labute approximate surface area is 191 Å². The number of carbonyl (C=O) groups is 1. The van der Waals surface area contributed by atoms with Crippen LogP contribution in [0.25, 0.3) is 0 Å². The summed E-state index contributed by atoms with van der Waals surface area (Å²) in [5.74, 6) is -0.0185. The molecule has 0 saturated carbocycles. The van der Waals surface area contributed by atoms with Crippen molar-refractivity contribution in [2.45, 2.75) is 39.5 Å². The fourth-order valence-corrected chi connectivity index (χ4v) is 4.52. The fourth-order valence-electron chi connectivity index (χ4n) is 2.59. The minimum Gasteiger partial charge on any atom is -0.468 e. The summed E-state index contributed by atoms with van der Waals surface area (Å²) in [4.78, 5) is 37.5. The molecule has 1 heterocycles. The van der Waals surface area contributed by atoms with Crippen molar-refractivity contribution in [2.75, 3.05) is 20.3 Å². The number of nitrogens with one attached hydrogen (secondary N) is 2. The van der Waals surface area contributed by atoms with Crippen molar-refractivity contribution in [3.63, 3.8) is 0 Å². The summed E-state index contributed by atoms with van der Waals surface area (Å²) < 4.78 is 23.7. The molecule has 0 aliphatic rings. The summed E-state index contributed by atoms with van der Waals surface area (Å²) in [6.07, 6.45) is 0.896. The van der Waals surface area contributed by atoms with Gasteiger partial charge in [0, 0.05) is 11.8 Å². The molecular weight excluding hydrogens is 457 g/mol. The van der Waals surface area contributed by atoms with Gasteiger partial charge in [0.05, 0.1) is 19.8 Å². The number of hydrogen-bond donors (Lipinski definition) is 2. The van der Waals surface area contributed by atoms with Gasteiger partial charge in [-0.25, -0.2) is 9.88 Å². The second-order valence-electron chi connectivity index (χ2n) is 6.85. The highest BCUT2D eigenvalue weighted by atomic mass is 32.5. The highest BCUT2D eigenvalue weighted by Gasteiger charge is 2.25. The van der Waals surface area contributed by atoms with Gasteiger partial charge < -0.3 is 18.5 Å². The first-order valence-corrected chi connectivity index (χ1v) is 12.6. The predicted molar refractivity (Wildman–Crippen MR) is 123 cm³/mol. The van der Waals surface area contributed by atoms with Gasteiger partial charge in [-0.1, -0.05) is 25.1 Å². The van der Waals surface area contributed by atoms with Crippen LogP contribution in [0.3, 0.4) is 0 Å². The molecule has 0 radical (unpaired) electrons. The van der Waals surface area contributed by atoms with Gasteiger partial charge in [-0.05, 0) is 44.2 Å². The third-order valence-corrected chi connectivity index (χ3v) is 6.84. The molecule has 3 atom stereocenters. The van der Waals surface area contributed by atoms with Crippen LogP contribution >= 0.6 is 6.64 Å². The average Bonchev–Trinajstić information content (AvgIpc) is 2.78. The van der Waals surface area contributed by atoms with E-state index in [0.29, 0.717) is 17.7 Å². The van der Waals surface area contributed by atoms with Crippen LogP contribution in [0, 0.1) is 6.92 Å². The molecule has 1 aromatic heterocycles. The van der Waals surface area contributed by atoms with Crippen molar-refractivity contribution in [1.29, 1.82) is 0 Å². The quantitative estimate of drug-likeness (QED) is 0.344. The predicted octanol–water partition coefficient (Wildman–Crippen LogP) is 2.24. The summed E-state index contributed by atoms with van der Waals surface area (Å²) in [5.41, 5.74) is -0.617. The maximum atomic E-state index is 12.1. The number of benzene rings is 1. The minimum absolute atomic E-state index is 0.0518. The van der Waals surface area contributed by atoms with Crippen molar-refractivity contribution in [2.24, 2.45) is 0 Å². The van der Waals surface area contributed by atoms with E-state index < -0.39 is 36.2 Å². The van der Waals surface area contributed by atoms with E-state index in [2.05, 4.69) is 14.8 Å². The third kappa shape index (κ3) is 7.68. The standard InChI is InChI=1S/C20H28N3O7PS/c1-5-16(29-15(3)23-12-14(2)19(25)22-20(23)26)13-28-31(32,21-11-18(24)27-4)30-17-9-7-6-8-10-17/h6-10,12,15-16H,5,11,13H2,1-4H3,(H,21,32)(H,22,25,26)/t15-,16+,31?/m1/s1. The van der Waals surface area contributed by atoms with Crippen LogP contribution in [0.5, 0.6) is 5.75 Å². The van der Waals surface area contributed by atoms with Gasteiger partial charge in [-0.15, -0.1) is 0 Å². The highest BCUT2D eigenvalue weighted by molar-refractivity contribution is 8.09. The Morgan fingerprint density at radius 3 is 2.59 bits per heavy atom. The molecule has 0 bridgehead atoms. The SMILES string of the molecule is CC[C@@H](COP(=S)(NCC(=O)OC)Oc1ccccc1)O[C@H](C)n1cc(C)c(=O)[nH]c1=O. The van der Waals surface area contributed by atoms with Gasteiger partial charge in [-0.2, -0.15) is 0 Å². The Balaban J connectivity index is 2.10. The van der Waals surface area contributed by atoms with E-state index in [1.807, 2.05) is 13.0 Å². The smallest absolute Gasteiger partial charge is 0.330 e. The van der Waals surface area contributed by atoms with Gasteiger partial charge in [0.2, 0.25) is 0 Å². The molecule has 2 N–H and O–H groups in total. The number of aryl methyl sites for hydroxylation is 1. The van der Waals surface area contributed by atoms with Crippen LogP contribution in [-0.4, -0.2) is 41.9 Å². The van der Waals surface area contributed by atoms with Crippen LogP contribution in [0.15, 0.2) is 46.1 Å². The monoisotopic (exact) mass is 485 g/mol. The molecule has 0 aliphatic carbocycles. The zero-order valence-electron chi connectivity index (χ0n) is 18.4. The van der Waals surface area contributed by atoms with E-state index >= 15 is 0 Å². The number of methoxy groups -OCH3 is 1. The molecule has 32 heavy (non-hydrogen) atoms. The van der Waals surface area contributed by atoms with Crippen LogP contribution in [0.2, 0.25) is 0 Å². The molecule has 10 nitrogen and oxygen atoms in total. The van der Waals surface area contributed by atoms with Crippen molar-refractivity contribution < 1.29 is 23.3 Å². The number of para-hydroxylation sites is 1. The molecule has 0 amide bonds. The molecule has 0 aliphatic heterocycles. The van der Waals surface area contributed by atoms with Crippen molar-refractivity contribution >= 4 is 24.4 Å². The van der Waals surface area contributed by atoms with Crippen molar-refractivity contribution in [1.82, 2.24) is 14.6 Å². The van der Waals surface area contributed by atoms with Gasteiger partial charge in [0.15, 0.2) is 0 Å². The lowest BCUT2D eigenvalue weighted by Gasteiger charge is -2.27. The summed E-state index contributed by atoms with van der Waals surface area (Å²) in [6, 6.07) is 8.87. The first-order chi connectivity index (χ1) is 15.2. The zero-order chi connectivity index (χ0) is 23.7. The van der Waals surface area contributed by atoms with Crippen LogP contribution in [-0.2, 0) is 30.6 Å². The average molecular weight is 485 g/mol. The Bertz CT molecular complexity index is 1060. The second-order valence-corrected chi connectivity index (χ2v) is 10.0. The normalized spacial score (nSPS) is 14.9. The summed E-state index contributed by atoms with van der Waals surface area (Å²) >= 11 is 5.57. The number of H-pyrrole nitrogens is 1. The number of ether oxygens (including phenoxy) is 2. The zero-order valence-corrected chi connectivity index (χ0v) is 20.1. The molecule has 1 unspecified atom stereocenters. The first kappa shape index (κ1) is 26.0. The molecule has 0 saturated heterocycles. The molecule has 2 aromatic rings. The Morgan fingerprint density at radius 2 is 1.97 bits per heavy atom. The summed E-state index contributed by atoms with van der Waals surface area (Å²) in [5, 5.41) is 2.84. The number of nitrogens with zero attached hydrogens (tertiary/aromatic N) is 1. The highest BCUT2D eigenvalue weighted by Crippen LogP contribution is 2.44. The number of esters is 1. The number of rotatable bonds is 12. The third-order valence-electron chi connectivity index (χ3n) is 4.43. The van der Waals surface area contributed by atoms with E-state index in [-0.39, 0.29) is 13.2 Å². The largest absolute Gasteiger partial charge is 0.468 e. The number of aromatic amines is 1. The number of hydrogen-bond acceptors (Lipinski definition) is 8. The molecule has 1 aromatic carbocycles. The Morgan fingerprint density at radius 1 is 1.28 bits per heavy atom. The molecule has 2 rings (SSSR count). The lowest BCUT2D eigenvalue weighted by Crippen LogP contribution is -2.35. The molecular formula is C20H28N3O7PS. The molecule has 12 heteroatoms. The van der Waals surface area contributed by atoms with Gasteiger partial charge in [0.25, 0.3) is 5.56 Å². The molecule has 0 fully saturated rings. The fraction of sp³-hybridized carbons (Fsp3) is 0.450. The van der Waals surface area contributed by atoms with E-state index in [9.17, 15) is 14.4 Å². The summed E-state index contributed by atoms with van der Waals surface area (Å²) in [6.45, 7) is 1.93. The van der Waals surface area contributed by atoms with E-state index in [1.165, 1.54) is 17.9 Å². The van der Waals surface area contributed by atoms with Crippen LogP contribution in [0.1, 0.15) is 32.1 Å². The topological polar surface area (TPSA) is 121 Å². The Kier molecular flexibility index (Phi) is 9.80. The van der Waals surface area contributed by atoms with E-state index in [4.69, 9.17) is 25.6 Å². The molecule has 0 spiro atoms. The first-order valence-electron chi connectivity index (χ1n) is 9.96. The van der Waals surface area contributed by atoms with Gasteiger partial charge in [0.1, 0.15) is 18.5 Å². The number of carbonyl (C=O) groups excluding carboxylic acids is 1. The lowest BCUT2D eigenvalue weighted by atomic mass is 10.3. The van der Waals surface area contributed by atoms with Gasteiger partial charge >= 0.3 is 18.3 Å². The number of aromatic nitrogens is 2. The van der Waals surface area contributed by atoms with E-state index in [1.54, 1.807) is 38.1 Å². The van der Waals surface area contributed by atoms with Crippen LogP contribution < -0.4 is 20.9 Å². The van der Waals surface area contributed by atoms with Crippen molar-refractivity contribution in [3.8, 4) is 5.75 Å². The maximum Gasteiger partial charge on any atom is 0.330 e. The Hall–Kier alpha value is -2.30. The van der Waals surface area contributed by atoms with Crippen LogP contribution in [0.4, 0.5) is 0 Å². The van der Waals surface area contributed by atoms with E-state index in [0.717, 1.165) is 0 Å². The van der Waals surface area contributed by atoms with Crippen molar-refractivity contribution in [3.05, 3.63) is 62.9 Å². The maximum absolute atomic E-state index is 12.1. The minimum atomic E-state index is -3.13.